The van der Waals surface area contributed by atoms with Crippen LogP contribution in [-0.4, -0.2) is 34.1 Å². The fourth-order valence-electron chi connectivity index (χ4n) is 3.63. The van der Waals surface area contributed by atoms with Gasteiger partial charge < -0.3 is 15.4 Å². The van der Waals surface area contributed by atoms with Crippen LogP contribution in [-0.2, 0) is 4.74 Å². The quantitative estimate of drug-likeness (QED) is 0.571. The van der Waals surface area contributed by atoms with Gasteiger partial charge in [0.05, 0.1) is 18.4 Å². The molecule has 2 N–H and O–H groups in total. The molecule has 30 heavy (non-hydrogen) atoms. The van der Waals surface area contributed by atoms with Gasteiger partial charge in [0, 0.05) is 35.8 Å². The predicted molar refractivity (Wildman–Crippen MR) is 117 cm³/mol. The highest BCUT2D eigenvalue weighted by molar-refractivity contribution is 5.89. The van der Waals surface area contributed by atoms with Gasteiger partial charge >= 0.3 is 5.97 Å². The second kappa shape index (κ2) is 9.35. The SMILES string of the molecule is COC(=O)c1ccc(Nc2cc(-c3ccncc3)nc(NC3CCCCC3)n2)cc1. The van der Waals surface area contributed by atoms with E-state index in [1.165, 1.54) is 26.4 Å². The largest absolute Gasteiger partial charge is 0.465 e. The molecule has 4 rings (SSSR count). The van der Waals surface area contributed by atoms with Gasteiger partial charge in [-0.1, -0.05) is 19.3 Å². The van der Waals surface area contributed by atoms with Crippen LogP contribution in [0.4, 0.5) is 17.5 Å². The summed E-state index contributed by atoms with van der Waals surface area (Å²) in [6, 6.07) is 13.3. The maximum Gasteiger partial charge on any atom is 0.337 e. The number of aromatic nitrogens is 3. The normalized spacial score (nSPS) is 14.2. The van der Waals surface area contributed by atoms with Crippen LogP contribution in [0.5, 0.6) is 0 Å². The number of benzene rings is 1. The number of methoxy groups -OCH3 is 1. The Bertz CT molecular complexity index is 986. The Morgan fingerprint density at radius 2 is 1.73 bits per heavy atom. The first-order chi connectivity index (χ1) is 14.7. The van der Waals surface area contributed by atoms with E-state index in [0.717, 1.165) is 29.8 Å². The number of carbonyl (C=O) groups is 1. The minimum absolute atomic E-state index is 0.359. The number of carbonyl (C=O) groups excluding carboxylic acids is 1. The zero-order valence-corrected chi connectivity index (χ0v) is 17.0. The summed E-state index contributed by atoms with van der Waals surface area (Å²) in [6.45, 7) is 0. The molecule has 154 valence electrons. The van der Waals surface area contributed by atoms with Gasteiger partial charge in [0.2, 0.25) is 5.95 Å². The second-order valence-corrected chi connectivity index (χ2v) is 7.37. The topological polar surface area (TPSA) is 89.0 Å². The zero-order valence-electron chi connectivity index (χ0n) is 17.0. The van der Waals surface area contributed by atoms with E-state index in [4.69, 9.17) is 9.72 Å². The Hall–Kier alpha value is -3.48. The van der Waals surface area contributed by atoms with Gasteiger partial charge in [-0.15, -0.1) is 0 Å². The zero-order chi connectivity index (χ0) is 20.8. The lowest BCUT2D eigenvalue weighted by molar-refractivity contribution is 0.0601. The van der Waals surface area contributed by atoms with Gasteiger partial charge in [0.25, 0.3) is 0 Å². The highest BCUT2D eigenvalue weighted by Crippen LogP contribution is 2.26. The van der Waals surface area contributed by atoms with Crippen molar-refractivity contribution in [3.05, 3.63) is 60.4 Å². The van der Waals surface area contributed by atoms with Crippen molar-refractivity contribution in [3.63, 3.8) is 0 Å². The Labute approximate surface area is 175 Å². The number of ether oxygens (including phenoxy) is 1. The van der Waals surface area contributed by atoms with E-state index in [1.54, 1.807) is 24.5 Å². The lowest BCUT2D eigenvalue weighted by atomic mass is 9.96. The summed E-state index contributed by atoms with van der Waals surface area (Å²) >= 11 is 0. The lowest BCUT2D eigenvalue weighted by Gasteiger charge is -2.23. The van der Waals surface area contributed by atoms with E-state index in [0.29, 0.717) is 23.4 Å². The van der Waals surface area contributed by atoms with Gasteiger partial charge in [-0.05, 0) is 49.2 Å². The van der Waals surface area contributed by atoms with Gasteiger partial charge in [-0.3, -0.25) is 4.98 Å². The molecule has 0 amide bonds. The summed E-state index contributed by atoms with van der Waals surface area (Å²) in [7, 11) is 1.37. The standard InChI is InChI=1S/C23H25N5O2/c1-30-22(29)17-7-9-19(10-8-17)25-21-15-20(16-11-13-24-14-12-16)27-23(28-21)26-18-5-3-2-4-6-18/h7-15,18H,2-6H2,1H3,(H2,25,26,27,28). The van der Waals surface area contributed by atoms with Crippen LogP contribution in [0, 0.1) is 0 Å². The third-order valence-electron chi connectivity index (χ3n) is 5.22. The first-order valence-electron chi connectivity index (χ1n) is 10.2. The third kappa shape index (κ3) is 4.92. The van der Waals surface area contributed by atoms with E-state index >= 15 is 0 Å². The summed E-state index contributed by atoms with van der Waals surface area (Å²) in [4.78, 5) is 25.2. The molecule has 0 unspecified atom stereocenters. The first kappa shape index (κ1) is 19.8. The van der Waals surface area contributed by atoms with Crippen LogP contribution in [0.15, 0.2) is 54.9 Å². The number of esters is 1. The van der Waals surface area contributed by atoms with Crippen LogP contribution < -0.4 is 10.6 Å². The lowest BCUT2D eigenvalue weighted by Crippen LogP contribution is -2.23. The van der Waals surface area contributed by atoms with Gasteiger partial charge in [0.15, 0.2) is 0 Å². The van der Waals surface area contributed by atoms with E-state index in [1.807, 2.05) is 30.3 Å². The molecule has 0 spiro atoms. The van der Waals surface area contributed by atoms with Crippen LogP contribution in [0.25, 0.3) is 11.3 Å². The summed E-state index contributed by atoms with van der Waals surface area (Å²) in [5, 5.41) is 6.83. The molecule has 1 saturated carbocycles. The van der Waals surface area contributed by atoms with E-state index < -0.39 is 0 Å². The number of rotatable bonds is 6. The number of anilines is 3. The molecule has 1 aliphatic rings. The van der Waals surface area contributed by atoms with Crippen molar-refractivity contribution in [1.82, 2.24) is 15.0 Å². The molecule has 7 heteroatoms. The molecular weight excluding hydrogens is 378 g/mol. The first-order valence-corrected chi connectivity index (χ1v) is 10.2. The summed E-state index contributed by atoms with van der Waals surface area (Å²) in [6.07, 6.45) is 9.55. The molecule has 7 nitrogen and oxygen atoms in total. The van der Waals surface area contributed by atoms with Gasteiger partial charge in [-0.2, -0.15) is 4.98 Å². The van der Waals surface area contributed by atoms with Crippen LogP contribution >= 0.6 is 0 Å². The van der Waals surface area contributed by atoms with Crippen LogP contribution in [0.1, 0.15) is 42.5 Å². The minimum atomic E-state index is -0.359. The maximum atomic E-state index is 11.6. The molecule has 0 atom stereocenters. The van der Waals surface area contributed by atoms with Gasteiger partial charge in [0.1, 0.15) is 5.82 Å². The molecule has 1 fully saturated rings. The van der Waals surface area contributed by atoms with Crippen LogP contribution in [0.3, 0.4) is 0 Å². The fraction of sp³-hybridized carbons (Fsp3) is 0.304. The maximum absolute atomic E-state index is 11.6. The van der Waals surface area contributed by atoms with Crippen molar-refractivity contribution in [2.45, 2.75) is 38.1 Å². The molecule has 2 heterocycles. The van der Waals surface area contributed by atoms with Crippen LogP contribution in [0.2, 0.25) is 0 Å². The summed E-state index contributed by atoms with van der Waals surface area (Å²) in [5.41, 5.74) is 3.12. The highest BCUT2D eigenvalue weighted by atomic mass is 16.5. The number of hydrogen-bond acceptors (Lipinski definition) is 7. The number of nitrogens with one attached hydrogen (secondary N) is 2. The van der Waals surface area contributed by atoms with E-state index in [9.17, 15) is 4.79 Å². The number of pyridine rings is 1. The summed E-state index contributed by atoms with van der Waals surface area (Å²) < 4.78 is 4.75. The molecule has 1 aliphatic carbocycles. The number of hydrogen-bond donors (Lipinski definition) is 2. The molecule has 0 radical (unpaired) electrons. The smallest absolute Gasteiger partial charge is 0.337 e. The Morgan fingerprint density at radius 3 is 2.43 bits per heavy atom. The fourth-order valence-corrected chi connectivity index (χ4v) is 3.63. The van der Waals surface area contributed by atoms with Gasteiger partial charge in [-0.25, -0.2) is 9.78 Å². The molecule has 0 aliphatic heterocycles. The van der Waals surface area contributed by atoms with Crippen molar-refractivity contribution >= 4 is 23.4 Å². The van der Waals surface area contributed by atoms with E-state index in [2.05, 4.69) is 20.6 Å². The highest BCUT2D eigenvalue weighted by Gasteiger charge is 2.16. The van der Waals surface area contributed by atoms with Crippen molar-refractivity contribution in [2.24, 2.45) is 0 Å². The Kier molecular flexibility index (Phi) is 6.17. The molecular formula is C23H25N5O2. The van der Waals surface area contributed by atoms with Crippen molar-refractivity contribution in [3.8, 4) is 11.3 Å². The molecule has 0 bridgehead atoms. The predicted octanol–water partition coefficient (Wildman–Crippen LogP) is 4.81. The molecule has 3 aromatic rings. The monoisotopic (exact) mass is 403 g/mol. The number of nitrogens with zero attached hydrogens (tertiary/aromatic N) is 3. The molecule has 2 aromatic heterocycles. The molecule has 0 saturated heterocycles. The van der Waals surface area contributed by atoms with E-state index in [-0.39, 0.29) is 5.97 Å². The Balaban J connectivity index is 1.60. The van der Waals surface area contributed by atoms with Crippen molar-refractivity contribution < 1.29 is 9.53 Å². The minimum Gasteiger partial charge on any atom is -0.465 e. The average molecular weight is 403 g/mol. The van der Waals surface area contributed by atoms with Crippen molar-refractivity contribution in [2.75, 3.05) is 17.7 Å². The van der Waals surface area contributed by atoms with Crippen molar-refractivity contribution in [1.29, 1.82) is 0 Å². The third-order valence-corrected chi connectivity index (χ3v) is 5.22. The second-order valence-electron chi connectivity index (χ2n) is 7.37. The average Bonchev–Trinajstić information content (AvgIpc) is 2.80. The summed E-state index contributed by atoms with van der Waals surface area (Å²) in [5.74, 6) is 0.938. The molecule has 1 aromatic carbocycles. The Morgan fingerprint density at radius 1 is 1.00 bits per heavy atom.